The third-order valence-corrected chi connectivity index (χ3v) is 4.83. The van der Waals surface area contributed by atoms with Gasteiger partial charge in [0.05, 0.1) is 0 Å². The highest BCUT2D eigenvalue weighted by Crippen LogP contribution is 2.26. The van der Waals surface area contributed by atoms with E-state index in [0.717, 1.165) is 30.4 Å². The Morgan fingerprint density at radius 2 is 2.17 bits per heavy atom. The number of hydrogen-bond acceptors (Lipinski definition) is 2. The lowest BCUT2D eigenvalue weighted by Crippen LogP contribution is -2.40. The van der Waals surface area contributed by atoms with E-state index in [0.29, 0.717) is 16.4 Å². The molecule has 1 unspecified atom stereocenters. The van der Waals surface area contributed by atoms with Crippen LogP contribution in [0, 0.1) is 5.92 Å². The van der Waals surface area contributed by atoms with Gasteiger partial charge in [-0.15, -0.1) is 0 Å². The molecular formula is C13H16Br2N2O. The summed E-state index contributed by atoms with van der Waals surface area (Å²) in [5.41, 5.74) is 0.517. The molecule has 0 radical (unpaired) electrons. The number of alkyl halides is 1. The number of carbonyl (C=O) groups is 1. The van der Waals surface area contributed by atoms with Crippen molar-refractivity contribution in [3.05, 3.63) is 28.5 Å². The fraction of sp³-hybridized carbons (Fsp3) is 0.538. The Morgan fingerprint density at radius 3 is 2.72 bits per heavy atom. The van der Waals surface area contributed by atoms with Gasteiger partial charge >= 0.3 is 0 Å². The van der Waals surface area contributed by atoms with Crippen molar-refractivity contribution in [3.8, 4) is 0 Å². The number of pyridine rings is 1. The molecule has 5 heteroatoms. The highest BCUT2D eigenvalue weighted by atomic mass is 79.9. The number of amides is 1. The quantitative estimate of drug-likeness (QED) is 0.741. The molecule has 1 aromatic rings. The molecule has 1 aliphatic heterocycles. The lowest BCUT2D eigenvalue weighted by atomic mass is 9.94. The van der Waals surface area contributed by atoms with Gasteiger partial charge in [0.15, 0.2) is 0 Å². The number of piperidine rings is 1. The lowest BCUT2D eigenvalue weighted by Gasteiger charge is -2.33. The summed E-state index contributed by atoms with van der Waals surface area (Å²) in [4.78, 5) is 18.9. The molecular weight excluding hydrogens is 360 g/mol. The number of likely N-dealkylation sites (tertiary alicyclic amines) is 1. The van der Waals surface area contributed by atoms with E-state index < -0.39 is 0 Å². The van der Waals surface area contributed by atoms with E-state index in [1.807, 2.05) is 17.0 Å². The molecule has 2 heterocycles. The van der Waals surface area contributed by atoms with Crippen LogP contribution in [0.1, 0.15) is 30.3 Å². The van der Waals surface area contributed by atoms with Crippen LogP contribution in [-0.4, -0.2) is 33.7 Å². The van der Waals surface area contributed by atoms with Crippen molar-refractivity contribution in [2.24, 2.45) is 5.92 Å². The molecule has 0 aromatic carbocycles. The molecule has 0 spiro atoms. The van der Waals surface area contributed by atoms with E-state index in [4.69, 9.17) is 0 Å². The third-order valence-electron chi connectivity index (χ3n) is 3.44. The molecule has 3 nitrogen and oxygen atoms in total. The molecule has 1 amide bonds. The van der Waals surface area contributed by atoms with Gasteiger partial charge in [-0.05, 0) is 46.8 Å². The fourth-order valence-corrected chi connectivity index (χ4v) is 3.21. The van der Waals surface area contributed by atoms with Crippen molar-refractivity contribution < 1.29 is 4.79 Å². The van der Waals surface area contributed by atoms with Crippen LogP contribution in [-0.2, 0) is 0 Å². The van der Waals surface area contributed by atoms with Gasteiger partial charge in [-0.1, -0.05) is 22.9 Å². The minimum atomic E-state index is 0.0307. The maximum absolute atomic E-state index is 12.3. The van der Waals surface area contributed by atoms with E-state index in [2.05, 4.69) is 43.8 Å². The van der Waals surface area contributed by atoms with Crippen LogP contribution in [0.4, 0.5) is 0 Å². The van der Waals surface area contributed by atoms with Crippen molar-refractivity contribution in [2.75, 3.05) is 13.1 Å². The Kier molecular flexibility index (Phi) is 4.78. The van der Waals surface area contributed by atoms with Gasteiger partial charge in [-0.25, -0.2) is 4.98 Å². The van der Waals surface area contributed by atoms with Crippen LogP contribution in [0.5, 0.6) is 0 Å². The molecule has 0 saturated carbocycles. The smallest absolute Gasteiger partial charge is 0.273 e. The zero-order chi connectivity index (χ0) is 13.1. The number of carbonyl (C=O) groups excluding carboxylic acids is 1. The minimum absolute atomic E-state index is 0.0307. The summed E-state index contributed by atoms with van der Waals surface area (Å²) in [6.07, 6.45) is 3.77. The molecule has 1 saturated heterocycles. The van der Waals surface area contributed by atoms with E-state index >= 15 is 0 Å². The second-order valence-electron chi connectivity index (χ2n) is 4.64. The molecule has 2 rings (SSSR count). The number of hydrogen-bond donors (Lipinski definition) is 0. The van der Waals surface area contributed by atoms with Gasteiger partial charge in [0, 0.05) is 28.6 Å². The van der Waals surface area contributed by atoms with E-state index in [1.54, 1.807) is 6.20 Å². The average molecular weight is 376 g/mol. The van der Waals surface area contributed by atoms with Crippen LogP contribution in [0.3, 0.4) is 0 Å². The highest BCUT2D eigenvalue weighted by Gasteiger charge is 2.27. The van der Waals surface area contributed by atoms with Gasteiger partial charge in [0.25, 0.3) is 5.91 Å². The first-order chi connectivity index (χ1) is 8.59. The number of halogens is 2. The minimum Gasteiger partial charge on any atom is -0.337 e. The predicted molar refractivity (Wildman–Crippen MR) is 79.0 cm³/mol. The zero-order valence-electron chi connectivity index (χ0n) is 10.3. The molecule has 1 aliphatic rings. The molecule has 1 fully saturated rings. The van der Waals surface area contributed by atoms with Crippen molar-refractivity contribution in [1.29, 1.82) is 0 Å². The lowest BCUT2D eigenvalue weighted by molar-refractivity contribution is 0.0684. The van der Waals surface area contributed by atoms with Crippen molar-refractivity contribution in [1.82, 2.24) is 9.88 Å². The van der Waals surface area contributed by atoms with Crippen LogP contribution in [0.2, 0.25) is 0 Å². The topological polar surface area (TPSA) is 33.2 Å². The summed E-state index contributed by atoms with van der Waals surface area (Å²) in [7, 11) is 0. The summed E-state index contributed by atoms with van der Waals surface area (Å²) in [6.45, 7) is 3.82. The maximum atomic E-state index is 12.3. The summed E-state index contributed by atoms with van der Waals surface area (Å²) in [6, 6.07) is 3.67. The SMILES string of the molecule is CC(Br)C1CCN(C(=O)c2ncccc2Br)CC1. The summed E-state index contributed by atoms with van der Waals surface area (Å²) < 4.78 is 0.769. The molecule has 18 heavy (non-hydrogen) atoms. The molecule has 0 bridgehead atoms. The third kappa shape index (κ3) is 3.12. The van der Waals surface area contributed by atoms with Gasteiger partial charge < -0.3 is 4.90 Å². The van der Waals surface area contributed by atoms with Gasteiger partial charge in [-0.2, -0.15) is 0 Å². The molecule has 0 aliphatic carbocycles. The zero-order valence-corrected chi connectivity index (χ0v) is 13.4. The highest BCUT2D eigenvalue weighted by molar-refractivity contribution is 9.10. The largest absolute Gasteiger partial charge is 0.337 e. The Morgan fingerprint density at radius 1 is 1.50 bits per heavy atom. The van der Waals surface area contributed by atoms with E-state index in [-0.39, 0.29) is 5.91 Å². The monoisotopic (exact) mass is 374 g/mol. The van der Waals surface area contributed by atoms with Crippen molar-refractivity contribution in [2.45, 2.75) is 24.6 Å². The Labute approximate surface area is 124 Å². The molecule has 1 aromatic heterocycles. The average Bonchev–Trinajstić information content (AvgIpc) is 2.38. The van der Waals surface area contributed by atoms with Gasteiger partial charge in [0.1, 0.15) is 5.69 Å². The standard InChI is InChI=1S/C13H16Br2N2O/c1-9(14)10-4-7-17(8-5-10)13(18)12-11(15)3-2-6-16-12/h2-3,6,9-10H,4-5,7-8H2,1H3. The maximum Gasteiger partial charge on any atom is 0.273 e. The summed E-state index contributed by atoms with van der Waals surface area (Å²) >= 11 is 7.01. The van der Waals surface area contributed by atoms with Crippen LogP contribution in [0.25, 0.3) is 0 Å². The van der Waals surface area contributed by atoms with Crippen LogP contribution < -0.4 is 0 Å². The van der Waals surface area contributed by atoms with Crippen molar-refractivity contribution in [3.63, 3.8) is 0 Å². The summed E-state index contributed by atoms with van der Waals surface area (Å²) in [5.74, 6) is 0.698. The normalized spacial score (nSPS) is 18.7. The second kappa shape index (κ2) is 6.15. The van der Waals surface area contributed by atoms with Crippen LogP contribution >= 0.6 is 31.9 Å². The van der Waals surface area contributed by atoms with E-state index in [9.17, 15) is 4.79 Å². The second-order valence-corrected chi connectivity index (χ2v) is 6.94. The number of rotatable bonds is 2. The first-order valence-corrected chi connectivity index (χ1v) is 7.84. The summed E-state index contributed by atoms with van der Waals surface area (Å²) in [5, 5.41) is 0. The first-order valence-electron chi connectivity index (χ1n) is 6.13. The fourth-order valence-electron chi connectivity index (χ4n) is 2.25. The number of nitrogens with zero attached hydrogens (tertiary/aromatic N) is 2. The van der Waals surface area contributed by atoms with Gasteiger partial charge in [0.2, 0.25) is 0 Å². The molecule has 98 valence electrons. The molecule has 1 atom stereocenters. The Bertz CT molecular complexity index is 429. The molecule has 0 N–H and O–H groups in total. The first kappa shape index (κ1) is 14.0. The predicted octanol–water partition coefficient (Wildman–Crippen LogP) is 3.48. The Balaban J connectivity index is 2.02. The van der Waals surface area contributed by atoms with E-state index in [1.165, 1.54) is 0 Å². The number of aromatic nitrogens is 1. The Hall–Kier alpha value is -0.420. The van der Waals surface area contributed by atoms with Gasteiger partial charge in [-0.3, -0.25) is 4.79 Å². The van der Waals surface area contributed by atoms with Crippen LogP contribution in [0.15, 0.2) is 22.8 Å². The van der Waals surface area contributed by atoms with Crippen molar-refractivity contribution >= 4 is 37.8 Å².